The normalized spacial score (nSPS) is 27.1. The lowest BCUT2D eigenvalue weighted by Gasteiger charge is -2.15. The highest BCUT2D eigenvalue weighted by Crippen LogP contribution is 2.36. The minimum atomic E-state index is -0.872. The van der Waals surface area contributed by atoms with Crippen molar-refractivity contribution < 1.29 is 14.7 Å². The molecule has 1 fully saturated rings. The zero-order valence-electron chi connectivity index (χ0n) is 10.2. The molecule has 1 heterocycles. The summed E-state index contributed by atoms with van der Waals surface area (Å²) in [4.78, 5) is 23.1. The third kappa shape index (κ3) is 2.69. The molecule has 0 radical (unpaired) electrons. The molecule has 3 N–H and O–H groups in total. The molecule has 18 heavy (non-hydrogen) atoms. The summed E-state index contributed by atoms with van der Waals surface area (Å²) in [6.07, 6.45) is 4.56. The Balaban J connectivity index is 1.93. The smallest absolute Gasteiger partial charge is 0.307 e. The van der Waals surface area contributed by atoms with Gasteiger partial charge < -0.3 is 10.4 Å². The first-order chi connectivity index (χ1) is 8.58. The van der Waals surface area contributed by atoms with Gasteiger partial charge in [-0.05, 0) is 18.8 Å². The lowest BCUT2D eigenvalue weighted by molar-refractivity contribution is -0.146. The van der Waals surface area contributed by atoms with E-state index in [1.165, 1.54) is 0 Å². The fourth-order valence-corrected chi connectivity index (χ4v) is 2.55. The van der Waals surface area contributed by atoms with Crippen molar-refractivity contribution in [1.29, 1.82) is 0 Å². The fourth-order valence-electron chi connectivity index (χ4n) is 2.55. The highest BCUT2D eigenvalue weighted by Gasteiger charge is 2.40. The van der Waals surface area contributed by atoms with Crippen molar-refractivity contribution in [2.45, 2.75) is 26.3 Å². The minimum Gasteiger partial charge on any atom is -0.481 e. The van der Waals surface area contributed by atoms with Crippen molar-refractivity contribution in [3.63, 3.8) is 0 Å². The van der Waals surface area contributed by atoms with Gasteiger partial charge in [-0.1, -0.05) is 6.92 Å². The van der Waals surface area contributed by atoms with Crippen LogP contribution >= 0.6 is 0 Å². The molecular formula is C12H17N3O3. The van der Waals surface area contributed by atoms with Gasteiger partial charge >= 0.3 is 5.97 Å². The third-order valence-corrected chi connectivity index (χ3v) is 3.47. The molecule has 0 bridgehead atoms. The number of rotatable bonds is 4. The SMILES string of the molecule is CC1C[C@H](C(=O)NCc2cn[nH]c2)[C@H](C(=O)O)C1. The van der Waals surface area contributed by atoms with E-state index in [2.05, 4.69) is 15.5 Å². The van der Waals surface area contributed by atoms with E-state index in [9.17, 15) is 9.59 Å². The summed E-state index contributed by atoms with van der Waals surface area (Å²) in [5.41, 5.74) is 0.876. The molecule has 1 aliphatic carbocycles. The summed E-state index contributed by atoms with van der Waals surface area (Å²) >= 11 is 0. The van der Waals surface area contributed by atoms with E-state index in [0.717, 1.165) is 5.56 Å². The Kier molecular flexibility index (Phi) is 3.64. The lowest BCUT2D eigenvalue weighted by Crippen LogP contribution is -2.34. The largest absolute Gasteiger partial charge is 0.481 e. The van der Waals surface area contributed by atoms with E-state index in [0.29, 0.717) is 19.4 Å². The number of amides is 1. The number of nitrogens with one attached hydrogen (secondary N) is 2. The van der Waals surface area contributed by atoms with Gasteiger partial charge in [0.2, 0.25) is 5.91 Å². The standard InChI is InChI=1S/C12H17N3O3/c1-7-2-9(10(3-7)12(17)18)11(16)13-4-8-5-14-15-6-8/h5-7,9-10H,2-4H2,1H3,(H,13,16)(H,14,15)(H,17,18)/t7?,9-,10+/m0/s1. The van der Waals surface area contributed by atoms with Crippen LogP contribution in [-0.2, 0) is 16.1 Å². The van der Waals surface area contributed by atoms with Gasteiger partial charge in [-0.25, -0.2) is 0 Å². The molecular weight excluding hydrogens is 234 g/mol. The maximum Gasteiger partial charge on any atom is 0.307 e. The molecule has 1 saturated carbocycles. The molecule has 0 aliphatic heterocycles. The molecule has 1 aromatic rings. The zero-order chi connectivity index (χ0) is 13.1. The van der Waals surface area contributed by atoms with Crippen LogP contribution in [0.25, 0.3) is 0 Å². The highest BCUT2D eigenvalue weighted by molar-refractivity contribution is 5.85. The van der Waals surface area contributed by atoms with Crippen molar-refractivity contribution in [2.75, 3.05) is 0 Å². The summed E-state index contributed by atoms with van der Waals surface area (Å²) < 4.78 is 0. The Morgan fingerprint density at radius 1 is 1.50 bits per heavy atom. The summed E-state index contributed by atoms with van der Waals surface area (Å²) in [6, 6.07) is 0. The van der Waals surface area contributed by atoms with Gasteiger partial charge in [-0.2, -0.15) is 5.10 Å². The molecule has 2 rings (SSSR count). The average molecular weight is 251 g/mol. The number of carboxylic acid groups (broad SMARTS) is 1. The van der Waals surface area contributed by atoms with Crippen molar-refractivity contribution >= 4 is 11.9 Å². The Morgan fingerprint density at radius 3 is 2.83 bits per heavy atom. The van der Waals surface area contributed by atoms with Gasteiger partial charge in [0, 0.05) is 18.3 Å². The average Bonchev–Trinajstić information content (AvgIpc) is 2.94. The molecule has 1 aliphatic rings. The molecule has 98 valence electrons. The van der Waals surface area contributed by atoms with Crippen LogP contribution < -0.4 is 5.32 Å². The molecule has 1 amide bonds. The van der Waals surface area contributed by atoms with E-state index in [-0.39, 0.29) is 11.8 Å². The first-order valence-corrected chi connectivity index (χ1v) is 6.06. The number of aliphatic carboxylic acids is 1. The number of carbonyl (C=O) groups is 2. The molecule has 6 nitrogen and oxygen atoms in total. The number of carboxylic acids is 1. The number of nitrogens with zero attached hydrogens (tertiary/aromatic N) is 1. The summed E-state index contributed by atoms with van der Waals surface area (Å²) in [7, 11) is 0. The molecule has 3 atom stereocenters. The molecule has 0 spiro atoms. The Bertz CT molecular complexity index is 430. The van der Waals surface area contributed by atoms with E-state index >= 15 is 0 Å². The highest BCUT2D eigenvalue weighted by atomic mass is 16.4. The first-order valence-electron chi connectivity index (χ1n) is 6.06. The second-order valence-corrected chi connectivity index (χ2v) is 4.95. The van der Waals surface area contributed by atoms with Crippen LogP contribution in [0.1, 0.15) is 25.3 Å². The fraction of sp³-hybridized carbons (Fsp3) is 0.583. The van der Waals surface area contributed by atoms with Crippen LogP contribution in [0, 0.1) is 17.8 Å². The number of hydrogen-bond acceptors (Lipinski definition) is 3. The Morgan fingerprint density at radius 2 is 2.22 bits per heavy atom. The van der Waals surface area contributed by atoms with Crippen molar-refractivity contribution in [2.24, 2.45) is 17.8 Å². The van der Waals surface area contributed by atoms with Crippen molar-refractivity contribution in [1.82, 2.24) is 15.5 Å². The Labute approximate surface area is 105 Å². The number of carbonyl (C=O) groups excluding carboxylic acids is 1. The van der Waals surface area contributed by atoms with E-state index in [4.69, 9.17) is 5.11 Å². The summed E-state index contributed by atoms with van der Waals surface area (Å²) in [5, 5.41) is 18.3. The van der Waals surface area contributed by atoms with Crippen LogP contribution in [0.4, 0.5) is 0 Å². The van der Waals surface area contributed by atoms with Crippen molar-refractivity contribution in [3.8, 4) is 0 Å². The van der Waals surface area contributed by atoms with Crippen LogP contribution in [-0.4, -0.2) is 27.2 Å². The maximum atomic E-state index is 12.0. The maximum absolute atomic E-state index is 12.0. The van der Waals surface area contributed by atoms with Crippen LogP contribution in [0.3, 0.4) is 0 Å². The quantitative estimate of drug-likeness (QED) is 0.736. The van der Waals surface area contributed by atoms with Gasteiger partial charge in [-0.3, -0.25) is 14.7 Å². The third-order valence-electron chi connectivity index (χ3n) is 3.47. The molecule has 1 unspecified atom stereocenters. The molecule has 6 heteroatoms. The van der Waals surface area contributed by atoms with Crippen molar-refractivity contribution in [3.05, 3.63) is 18.0 Å². The molecule has 1 aromatic heterocycles. The van der Waals surface area contributed by atoms with Gasteiger partial charge in [0.15, 0.2) is 0 Å². The van der Waals surface area contributed by atoms with Crippen LogP contribution in [0.2, 0.25) is 0 Å². The number of aromatic nitrogens is 2. The van der Waals surface area contributed by atoms with Gasteiger partial charge in [-0.15, -0.1) is 0 Å². The lowest BCUT2D eigenvalue weighted by atomic mass is 9.95. The van der Waals surface area contributed by atoms with E-state index < -0.39 is 17.8 Å². The number of hydrogen-bond donors (Lipinski definition) is 3. The monoisotopic (exact) mass is 251 g/mol. The number of aromatic amines is 1. The van der Waals surface area contributed by atoms with Gasteiger partial charge in [0.1, 0.15) is 0 Å². The predicted molar refractivity (Wildman–Crippen MR) is 63.4 cm³/mol. The van der Waals surface area contributed by atoms with E-state index in [1.54, 1.807) is 12.4 Å². The topological polar surface area (TPSA) is 95.1 Å². The Hall–Kier alpha value is -1.85. The van der Waals surface area contributed by atoms with Gasteiger partial charge in [0.25, 0.3) is 0 Å². The predicted octanol–water partition coefficient (Wildman–Crippen LogP) is 0.773. The molecule has 0 aromatic carbocycles. The van der Waals surface area contributed by atoms with E-state index in [1.807, 2.05) is 6.92 Å². The second kappa shape index (κ2) is 5.20. The van der Waals surface area contributed by atoms with Crippen LogP contribution in [0.15, 0.2) is 12.4 Å². The summed E-state index contributed by atoms with van der Waals surface area (Å²) in [6.45, 7) is 2.37. The zero-order valence-corrected chi connectivity index (χ0v) is 10.2. The van der Waals surface area contributed by atoms with Gasteiger partial charge in [0.05, 0.1) is 18.0 Å². The minimum absolute atomic E-state index is 0.173. The molecule has 0 saturated heterocycles. The second-order valence-electron chi connectivity index (χ2n) is 4.95. The summed E-state index contributed by atoms with van der Waals surface area (Å²) in [5.74, 6) is -1.72. The number of H-pyrrole nitrogens is 1. The van der Waals surface area contributed by atoms with Crippen LogP contribution in [0.5, 0.6) is 0 Å². The first kappa shape index (κ1) is 12.6.